The number of carbonyl (C=O) groups excluding carboxylic acids is 1. The number of fused-ring (bicyclic) bond motifs is 7. The van der Waals surface area contributed by atoms with E-state index in [1.54, 1.807) is 0 Å². The van der Waals surface area contributed by atoms with E-state index in [4.69, 9.17) is 18.9 Å². The number of hydrogen-bond acceptors (Lipinski definition) is 13. The minimum Gasteiger partial charge on any atom is -0.481 e. The fourth-order valence-corrected chi connectivity index (χ4v) is 13.3. The number of hydrogen-bond donors (Lipinski definition) is 8. The molecule has 0 aromatic heterocycles. The second kappa shape index (κ2) is 14.3. The van der Waals surface area contributed by atoms with Gasteiger partial charge in [-0.3, -0.25) is 9.59 Å². The number of carboxylic acid groups (broad SMARTS) is 2. The lowest BCUT2D eigenvalue weighted by molar-refractivity contribution is -0.343. The van der Waals surface area contributed by atoms with Gasteiger partial charge in [-0.2, -0.15) is 0 Å². The van der Waals surface area contributed by atoms with Crippen molar-refractivity contribution in [3.8, 4) is 0 Å². The molecule has 0 bridgehead atoms. The van der Waals surface area contributed by atoms with E-state index in [2.05, 4.69) is 41.5 Å². The molecule has 8 N–H and O–H groups in total. The zero-order chi connectivity index (χ0) is 42.0. The van der Waals surface area contributed by atoms with Crippen molar-refractivity contribution >= 4 is 17.7 Å². The predicted octanol–water partition coefficient (Wildman–Crippen LogP) is 2.15. The summed E-state index contributed by atoms with van der Waals surface area (Å²) in [4.78, 5) is 38.8. The van der Waals surface area contributed by atoms with Crippen molar-refractivity contribution < 1.29 is 74.2 Å². The molecule has 4 saturated carbocycles. The zero-order valence-corrected chi connectivity index (χ0v) is 34.2. The van der Waals surface area contributed by atoms with Crippen molar-refractivity contribution in [2.75, 3.05) is 6.61 Å². The molecule has 15 nitrogen and oxygen atoms in total. The highest BCUT2D eigenvalue weighted by Crippen LogP contribution is 2.75. The van der Waals surface area contributed by atoms with E-state index in [1.807, 2.05) is 13.0 Å². The van der Waals surface area contributed by atoms with Crippen LogP contribution in [-0.2, 0) is 33.3 Å². The van der Waals surface area contributed by atoms with Gasteiger partial charge in [-0.25, -0.2) is 4.79 Å². The van der Waals surface area contributed by atoms with Gasteiger partial charge in [0, 0.05) is 5.92 Å². The Balaban J connectivity index is 1.09. The van der Waals surface area contributed by atoms with Crippen LogP contribution in [0.25, 0.3) is 0 Å². The lowest BCUT2D eigenvalue weighted by Gasteiger charge is -2.70. The lowest BCUT2D eigenvalue weighted by Crippen LogP contribution is -2.67. The number of rotatable bonds is 7. The number of ether oxygens (including phenoxy) is 4. The topological polar surface area (TPSA) is 250 Å². The van der Waals surface area contributed by atoms with Crippen LogP contribution < -0.4 is 0 Å². The monoisotopic (exact) mass is 808 g/mol. The predicted molar refractivity (Wildman–Crippen MR) is 199 cm³/mol. The summed E-state index contributed by atoms with van der Waals surface area (Å²) in [6.45, 7) is 14.6. The van der Waals surface area contributed by atoms with Crippen LogP contribution >= 0.6 is 0 Å². The van der Waals surface area contributed by atoms with Gasteiger partial charge in [0.05, 0.1) is 18.1 Å². The number of aliphatic hydroxyl groups excluding tert-OH is 6. The smallest absolute Gasteiger partial charge is 0.335 e. The van der Waals surface area contributed by atoms with Gasteiger partial charge in [-0.15, -0.1) is 0 Å². The van der Waals surface area contributed by atoms with Crippen molar-refractivity contribution in [2.24, 2.45) is 50.2 Å². The maximum Gasteiger partial charge on any atom is 0.335 e. The maximum absolute atomic E-state index is 14.8. The average molecular weight is 809 g/mol. The van der Waals surface area contributed by atoms with Crippen molar-refractivity contribution in [3.63, 3.8) is 0 Å². The van der Waals surface area contributed by atoms with E-state index in [0.29, 0.717) is 25.7 Å². The molecule has 0 aromatic rings. The first-order valence-electron chi connectivity index (χ1n) is 20.7. The molecule has 2 heterocycles. The highest BCUT2D eigenvalue weighted by Gasteiger charge is 2.70. The van der Waals surface area contributed by atoms with Gasteiger partial charge in [0.2, 0.25) is 0 Å². The third-order valence-electron chi connectivity index (χ3n) is 17.2. The third kappa shape index (κ3) is 6.39. The van der Waals surface area contributed by atoms with E-state index in [1.165, 1.54) is 0 Å². The first-order valence-corrected chi connectivity index (χ1v) is 20.7. The Morgan fingerprint density at radius 1 is 0.754 bits per heavy atom. The van der Waals surface area contributed by atoms with Gasteiger partial charge >= 0.3 is 11.9 Å². The molecule has 7 rings (SSSR count). The second-order valence-electron chi connectivity index (χ2n) is 20.6. The van der Waals surface area contributed by atoms with Crippen LogP contribution in [-0.4, -0.2) is 133 Å². The molecule has 57 heavy (non-hydrogen) atoms. The molecule has 0 unspecified atom stereocenters. The van der Waals surface area contributed by atoms with Gasteiger partial charge in [-0.05, 0) is 110 Å². The minimum absolute atomic E-state index is 0.0188. The number of aliphatic hydroxyl groups is 6. The van der Waals surface area contributed by atoms with Gasteiger partial charge in [0.25, 0.3) is 0 Å². The first kappa shape index (κ1) is 43.1. The molecule has 0 spiro atoms. The van der Waals surface area contributed by atoms with Crippen LogP contribution in [0, 0.1) is 50.2 Å². The zero-order valence-electron chi connectivity index (χ0n) is 34.2. The Labute approximate surface area is 333 Å². The Kier molecular flexibility index (Phi) is 10.8. The quantitative estimate of drug-likeness (QED) is 0.172. The number of carbonyl (C=O) groups is 3. The largest absolute Gasteiger partial charge is 0.481 e. The molecule has 19 atom stereocenters. The number of aliphatic carboxylic acids is 2. The molecule has 322 valence electrons. The van der Waals surface area contributed by atoms with Crippen LogP contribution in [0.1, 0.15) is 106 Å². The van der Waals surface area contributed by atoms with Crippen LogP contribution in [0.4, 0.5) is 0 Å². The van der Waals surface area contributed by atoms with Crippen LogP contribution in [0.3, 0.4) is 0 Å². The summed E-state index contributed by atoms with van der Waals surface area (Å²) >= 11 is 0. The fraction of sp³-hybridized carbons (Fsp3) is 0.881. The normalized spacial score (nSPS) is 53.4. The Morgan fingerprint density at radius 2 is 1.39 bits per heavy atom. The fourth-order valence-electron chi connectivity index (χ4n) is 13.3. The molecule has 0 amide bonds. The minimum atomic E-state index is -1.92. The molecule has 0 radical (unpaired) electrons. The van der Waals surface area contributed by atoms with Crippen molar-refractivity contribution in [3.05, 3.63) is 11.6 Å². The summed E-state index contributed by atoms with van der Waals surface area (Å²) < 4.78 is 23.2. The SMILES string of the molecule is CC1(C)[C@@H](O[C@@H]2O[C@H](CO[C@@H]3O[C@H](C(=O)O)[C@@H](O)[C@H](O)[C@H]3O)[C@@H](O)[C@H](O)[C@H]2O)CC[C@]2(C)[C@H]3C(=O)C=C4[C@@H]5C[C@@](C)(C(=O)O)CC[C@]5(C)CC[C@@]4(C)[C@]3(C)CC[C@@H]12. The number of allylic oxidation sites excluding steroid dienone is 2. The first-order chi connectivity index (χ1) is 26.4. The van der Waals surface area contributed by atoms with Crippen molar-refractivity contribution in [2.45, 2.75) is 174 Å². The summed E-state index contributed by atoms with van der Waals surface area (Å²) in [6, 6.07) is 0. The lowest BCUT2D eigenvalue weighted by atomic mass is 9.33. The summed E-state index contributed by atoms with van der Waals surface area (Å²) in [6.07, 6.45) is -8.99. The van der Waals surface area contributed by atoms with Crippen LogP contribution in [0.2, 0.25) is 0 Å². The summed E-state index contributed by atoms with van der Waals surface area (Å²) in [5.74, 6) is -2.48. The average Bonchev–Trinajstić information content (AvgIpc) is 3.13. The molecule has 6 fully saturated rings. The molecule has 15 heteroatoms. The molecule has 5 aliphatic carbocycles. The van der Waals surface area contributed by atoms with Crippen molar-refractivity contribution in [1.82, 2.24) is 0 Å². The van der Waals surface area contributed by atoms with E-state index in [9.17, 15) is 55.2 Å². The highest BCUT2D eigenvalue weighted by molar-refractivity contribution is 5.95. The molecular weight excluding hydrogens is 744 g/mol. The molecule has 7 aliphatic rings. The number of ketones is 1. The summed E-state index contributed by atoms with van der Waals surface area (Å²) in [7, 11) is 0. The Morgan fingerprint density at radius 3 is 2.04 bits per heavy atom. The molecule has 2 aliphatic heterocycles. The summed E-state index contributed by atoms with van der Waals surface area (Å²) in [5.41, 5.74) is -1.33. The Bertz CT molecular complexity index is 1650. The summed E-state index contributed by atoms with van der Waals surface area (Å²) in [5, 5.41) is 83.0. The highest BCUT2D eigenvalue weighted by atomic mass is 16.7. The second-order valence-corrected chi connectivity index (χ2v) is 20.6. The Hall–Kier alpha value is -2.05. The molecule has 0 aromatic carbocycles. The molecular formula is C42H64O15. The van der Waals surface area contributed by atoms with Crippen LogP contribution in [0.5, 0.6) is 0 Å². The van der Waals surface area contributed by atoms with Gasteiger partial charge in [0.15, 0.2) is 24.5 Å². The van der Waals surface area contributed by atoms with Crippen molar-refractivity contribution in [1.29, 1.82) is 0 Å². The van der Waals surface area contributed by atoms with E-state index in [0.717, 1.165) is 37.7 Å². The van der Waals surface area contributed by atoms with E-state index in [-0.39, 0.29) is 39.8 Å². The van der Waals surface area contributed by atoms with Gasteiger partial charge in [0.1, 0.15) is 42.7 Å². The van der Waals surface area contributed by atoms with Crippen LogP contribution in [0.15, 0.2) is 11.6 Å². The van der Waals surface area contributed by atoms with E-state index >= 15 is 0 Å². The molecule has 2 saturated heterocycles. The third-order valence-corrected chi connectivity index (χ3v) is 17.2. The van der Waals surface area contributed by atoms with Gasteiger partial charge < -0.3 is 59.8 Å². The number of carboxylic acids is 2. The van der Waals surface area contributed by atoms with E-state index < -0.39 is 102 Å². The standard InChI is InChI=1S/C42H64O15/c1-37(2)23-8-11-42(7)32(21(43)16-19-20-17-39(4,36(52)53)13-12-38(20,3)14-15-41(19,42)6)40(23,5)10-9-24(37)56-35-30(49)26(45)25(44)22(55-35)18-54-34-29(48)27(46)28(47)31(57-34)33(50)51/h16,20,22-32,34-35,44-49H,8-15,17-18H2,1-7H3,(H,50,51)(H,52,53)/t20-,22+,23-,24-,25+,26-,27-,28-,29+,30+,31-,32+,34+,35-,38+,39-,40-,41+,42+/m0/s1. The van der Waals surface area contributed by atoms with Gasteiger partial charge in [-0.1, -0.05) is 47.1 Å². The maximum atomic E-state index is 14.8.